The largest absolute Gasteiger partial charge is 0.336 e. The van der Waals surface area contributed by atoms with Crippen molar-refractivity contribution in [1.29, 1.82) is 0 Å². The van der Waals surface area contributed by atoms with Crippen molar-refractivity contribution in [3.05, 3.63) is 97.8 Å². The lowest BCUT2D eigenvalue weighted by Gasteiger charge is -2.13. The molecule has 4 rings (SSSR count). The molecule has 0 bridgehead atoms. The Morgan fingerprint density at radius 3 is 2.44 bits per heavy atom. The molecule has 136 valence electrons. The molecular formula is C19H11F3N2O2S. The van der Waals surface area contributed by atoms with Crippen molar-refractivity contribution in [2.45, 2.75) is 6.54 Å². The van der Waals surface area contributed by atoms with Crippen LogP contribution in [0.5, 0.6) is 0 Å². The van der Waals surface area contributed by atoms with Crippen LogP contribution >= 0.6 is 11.3 Å². The van der Waals surface area contributed by atoms with Gasteiger partial charge >= 0.3 is 5.69 Å². The van der Waals surface area contributed by atoms with Crippen LogP contribution in [-0.4, -0.2) is 9.13 Å². The lowest BCUT2D eigenvalue weighted by molar-refractivity contribution is 0.572. The summed E-state index contributed by atoms with van der Waals surface area (Å²) in [6, 6.07) is 9.93. The summed E-state index contributed by atoms with van der Waals surface area (Å²) in [5.74, 6) is -2.30. The summed E-state index contributed by atoms with van der Waals surface area (Å²) in [5.41, 5.74) is -0.936. The smallest absolute Gasteiger partial charge is 0.288 e. The highest BCUT2D eigenvalue weighted by Gasteiger charge is 2.18. The lowest BCUT2D eigenvalue weighted by atomic mass is 10.2. The number of thiophene rings is 1. The maximum absolute atomic E-state index is 14.2. The van der Waals surface area contributed by atoms with E-state index in [4.69, 9.17) is 0 Å². The van der Waals surface area contributed by atoms with Crippen molar-refractivity contribution < 1.29 is 13.2 Å². The molecule has 0 aliphatic carbocycles. The highest BCUT2D eigenvalue weighted by atomic mass is 32.1. The van der Waals surface area contributed by atoms with Gasteiger partial charge in [0.15, 0.2) is 0 Å². The maximum Gasteiger partial charge on any atom is 0.336 e. The van der Waals surface area contributed by atoms with E-state index in [2.05, 4.69) is 0 Å². The SMILES string of the molecule is O=c1c2sccc2n(Cc2cccc(F)c2)c(=O)n1-c1ccc(F)cc1F. The second kappa shape index (κ2) is 6.55. The Balaban J connectivity index is 2.01. The summed E-state index contributed by atoms with van der Waals surface area (Å²) >= 11 is 1.10. The number of hydrogen-bond donors (Lipinski definition) is 0. The van der Waals surface area contributed by atoms with Gasteiger partial charge in [0, 0.05) is 6.07 Å². The summed E-state index contributed by atoms with van der Waals surface area (Å²) in [6.45, 7) is -0.00702. The zero-order chi connectivity index (χ0) is 19.1. The highest BCUT2D eigenvalue weighted by Crippen LogP contribution is 2.19. The number of hydrogen-bond acceptors (Lipinski definition) is 3. The van der Waals surface area contributed by atoms with Crippen LogP contribution in [0.2, 0.25) is 0 Å². The molecule has 0 fully saturated rings. The predicted molar refractivity (Wildman–Crippen MR) is 97.1 cm³/mol. The number of fused-ring (bicyclic) bond motifs is 1. The topological polar surface area (TPSA) is 44.0 Å². The van der Waals surface area contributed by atoms with Crippen LogP contribution in [0.15, 0.2) is 63.5 Å². The second-order valence-electron chi connectivity index (χ2n) is 5.87. The molecule has 2 aromatic heterocycles. The van der Waals surface area contributed by atoms with E-state index in [9.17, 15) is 22.8 Å². The first kappa shape index (κ1) is 17.3. The molecular weight excluding hydrogens is 377 g/mol. The molecule has 0 atom stereocenters. The van der Waals surface area contributed by atoms with Gasteiger partial charge in [-0.1, -0.05) is 12.1 Å². The average molecular weight is 388 g/mol. The van der Waals surface area contributed by atoms with Gasteiger partial charge in [0.2, 0.25) is 0 Å². The van der Waals surface area contributed by atoms with Gasteiger partial charge in [0.1, 0.15) is 22.2 Å². The van der Waals surface area contributed by atoms with E-state index in [1.54, 1.807) is 17.5 Å². The molecule has 4 nitrogen and oxygen atoms in total. The van der Waals surface area contributed by atoms with Gasteiger partial charge in [0.25, 0.3) is 5.56 Å². The first-order valence-electron chi connectivity index (χ1n) is 7.88. The van der Waals surface area contributed by atoms with E-state index < -0.39 is 28.7 Å². The van der Waals surface area contributed by atoms with Gasteiger partial charge in [-0.3, -0.25) is 9.36 Å². The Hall–Kier alpha value is -3.13. The Morgan fingerprint density at radius 1 is 0.926 bits per heavy atom. The van der Waals surface area contributed by atoms with Gasteiger partial charge in [-0.15, -0.1) is 11.3 Å². The van der Waals surface area contributed by atoms with Gasteiger partial charge in [-0.2, -0.15) is 0 Å². The molecule has 8 heteroatoms. The van der Waals surface area contributed by atoms with Crippen molar-refractivity contribution in [1.82, 2.24) is 9.13 Å². The summed E-state index contributed by atoms with van der Waals surface area (Å²) in [6.07, 6.45) is 0. The van der Waals surface area contributed by atoms with Gasteiger partial charge in [-0.25, -0.2) is 22.5 Å². The van der Waals surface area contributed by atoms with E-state index in [0.717, 1.165) is 23.5 Å². The van der Waals surface area contributed by atoms with Crippen LogP contribution in [0.4, 0.5) is 13.2 Å². The van der Waals surface area contributed by atoms with Crippen molar-refractivity contribution in [3.63, 3.8) is 0 Å². The van der Waals surface area contributed by atoms with E-state index in [-0.39, 0.29) is 16.9 Å². The molecule has 0 saturated carbocycles. The molecule has 0 spiro atoms. The summed E-state index contributed by atoms with van der Waals surface area (Å²) in [4.78, 5) is 25.8. The number of halogens is 3. The molecule has 0 radical (unpaired) electrons. The van der Waals surface area contributed by atoms with Crippen LogP contribution < -0.4 is 11.2 Å². The van der Waals surface area contributed by atoms with E-state index >= 15 is 0 Å². The van der Waals surface area contributed by atoms with Crippen LogP contribution in [0.25, 0.3) is 15.9 Å². The number of rotatable bonds is 3. The van der Waals surface area contributed by atoms with E-state index in [1.807, 2.05) is 0 Å². The fourth-order valence-corrected chi connectivity index (χ4v) is 3.76. The highest BCUT2D eigenvalue weighted by molar-refractivity contribution is 7.17. The zero-order valence-electron chi connectivity index (χ0n) is 13.7. The van der Waals surface area contributed by atoms with Gasteiger partial charge < -0.3 is 0 Å². The van der Waals surface area contributed by atoms with E-state index in [1.165, 1.54) is 22.8 Å². The first-order chi connectivity index (χ1) is 13.0. The van der Waals surface area contributed by atoms with Crippen LogP contribution in [0.3, 0.4) is 0 Å². The summed E-state index contributed by atoms with van der Waals surface area (Å²) in [5, 5.41) is 1.64. The molecule has 27 heavy (non-hydrogen) atoms. The minimum Gasteiger partial charge on any atom is -0.288 e. The first-order valence-corrected chi connectivity index (χ1v) is 8.76. The molecule has 4 aromatic rings. The molecule has 2 heterocycles. The number of aromatic nitrogens is 2. The van der Waals surface area contributed by atoms with Crippen LogP contribution in [-0.2, 0) is 6.54 Å². The molecule has 0 amide bonds. The van der Waals surface area contributed by atoms with Crippen LogP contribution in [0, 0.1) is 17.5 Å². The minimum absolute atomic E-state index is 0.00702. The predicted octanol–water partition coefficient (Wildman–Crippen LogP) is 3.68. The molecule has 0 N–H and O–H groups in total. The Morgan fingerprint density at radius 2 is 1.70 bits per heavy atom. The molecule has 0 unspecified atom stereocenters. The average Bonchev–Trinajstić information content (AvgIpc) is 3.10. The molecule has 2 aromatic carbocycles. The molecule has 0 saturated heterocycles. The quantitative estimate of drug-likeness (QED) is 0.537. The minimum atomic E-state index is -1.03. The fourth-order valence-electron chi connectivity index (χ4n) is 2.93. The number of nitrogens with zero attached hydrogens (tertiary/aromatic N) is 2. The normalized spacial score (nSPS) is 11.2. The fraction of sp³-hybridized carbons (Fsp3) is 0.0526. The summed E-state index contributed by atoms with van der Waals surface area (Å²) in [7, 11) is 0. The van der Waals surface area contributed by atoms with Crippen molar-refractivity contribution in [3.8, 4) is 5.69 Å². The Labute approximate surface area is 154 Å². The van der Waals surface area contributed by atoms with Gasteiger partial charge in [-0.05, 0) is 41.3 Å². The lowest BCUT2D eigenvalue weighted by Crippen LogP contribution is -2.39. The molecule has 0 aliphatic rings. The van der Waals surface area contributed by atoms with Crippen molar-refractivity contribution in [2.75, 3.05) is 0 Å². The maximum atomic E-state index is 14.2. The third-order valence-corrected chi connectivity index (χ3v) is 5.03. The van der Waals surface area contributed by atoms with Gasteiger partial charge in [0.05, 0.1) is 17.7 Å². The summed E-state index contributed by atoms with van der Waals surface area (Å²) < 4.78 is 43.2. The Bertz CT molecular complexity index is 1290. The van der Waals surface area contributed by atoms with E-state index in [0.29, 0.717) is 21.7 Å². The second-order valence-corrected chi connectivity index (χ2v) is 6.79. The zero-order valence-corrected chi connectivity index (χ0v) is 14.5. The van der Waals surface area contributed by atoms with Crippen molar-refractivity contribution in [2.24, 2.45) is 0 Å². The number of benzene rings is 2. The standard InChI is InChI=1S/C19H11F3N2O2S/c20-12-3-1-2-11(8-12)10-23-16-6-7-27-17(16)18(25)24(19(23)26)15-5-4-13(21)9-14(15)22/h1-9H,10H2. The third-order valence-electron chi connectivity index (χ3n) is 4.14. The molecule has 0 aliphatic heterocycles. The van der Waals surface area contributed by atoms with Crippen LogP contribution in [0.1, 0.15) is 5.56 Å². The monoisotopic (exact) mass is 388 g/mol. The Kier molecular flexibility index (Phi) is 4.19. The van der Waals surface area contributed by atoms with Crippen molar-refractivity contribution >= 4 is 21.6 Å². The third kappa shape index (κ3) is 2.97.